The fraction of sp³-hybridized carbons (Fsp3) is 0.368. The van der Waals surface area contributed by atoms with E-state index in [0.717, 1.165) is 35.6 Å². The number of unbranched alkanes of at least 4 members (excludes halogenated alkanes) is 1. The molecule has 0 amide bonds. The van der Waals surface area contributed by atoms with Crippen LogP contribution in [0.2, 0.25) is 0 Å². The smallest absolute Gasteiger partial charge is 0.124 e. The molecule has 0 heterocycles. The molecule has 0 aliphatic heterocycles. The first-order valence-electron chi connectivity index (χ1n) is 7.76. The van der Waals surface area contributed by atoms with Gasteiger partial charge in [-0.1, -0.05) is 18.2 Å². The predicted molar refractivity (Wildman–Crippen MR) is 91.7 cm³/mol. The molecule has 0 saturated heterocycles. The second-order valence-electron chi connectivity index (χ2n) is 5.57. The Morgan fingerprint density at radius 3 is 1.95 bits per heavy atom. The zero-order valence-electron chi connectivity index (χ0n) is 13.7. The monoisotopic (exact) mass is 299 g/mol. The zero-order chi connectivity index (χ0) is 15.9. The number of nitrogen functional groups attached to an aromatic ring is 1. The maximum absolute atomic E-state index is 5.86. The molecule has 22 heavy (non-hydrogen) atoms. The van der Waals surface area contributed by atoms with E-state index in [1.54, 1.807) is 0 Å². The van der Waals surface area contributed by atoms with Crippen LogP contribution >= 0.6 is 0 Å². The van der Waals surface area contributed by atoms with Crippen LogP contribution in [0.4, 0.5) is 5.69 Å². The molecule has 0 spiro atoms. The third kappa shape index (κ3) is 4.17. The lowest BCUT2D eigenvalue weighted by Gasteiger charge is -2.12. The van der Waals surface area contributed by atoms with Crippen molar-refractivity contribution in [3.8, 4) is 11.5 Å². The third-order valence-corrected chi connectivity index (χ3v) is 3.93. The minimum absolute atomic E-state index is 0.681. The lowest BCUT2D eigenvalue weighted by molar-refractivity contribution is 0.265. The summed E-state index contributed by atoms with van der Waals surface area (Å²) in [5, 5.41) is 0. The van der Waals surface area contributed by atoms with Gasteiger partial charge in [-0.05, 0) is 62.9 Å². The number of aryl methyl sites for hydroxylation is 1. The lowest BCUT2D eigenvalue weighted by Crippen LogP contribution is -2.04. The lowest BCUT2D eigenvalue weighted by atomic mass is 10.1. The second kappa shape index (κ2) is 7.74. The van der Waals surface area contributed by atoms with E-state index in [1.165, 1.54) is 11.1 Å². The Bertz CT molecular complexity index is 567. The Morgan fingerprint density at radius 1 is 0.773 bits per heavy atom. The van der Waals surface area contributed by atoms with Crippen molar-refractivity contribution in [2.24, 2.45) is 0 Å². The highest BCUT2D eigenvalue weighted by Gasteiger charge is 2.03. The Hall–Kier alpha value is -2.16. The van der Waals surface area contributed by atoms with E-state index >= 15 is 0 Å². The van der Waals surface area contributed by atoms with E-state index < -0.39 is 0 Å². The molecule has 0 aromatic heterocycles. The Balaban J connectivity index is 1.70. The molecule has 0 atom stereocenters. The van der Waals surface area contributed by atoms with E-state index in [1.807, 2.05) is 37.3 Å². The Kier molecular flexibility index (Phi) is 5.70. The molecular weight excluding hydrogens is 274 g/mol. The average molecular weight is 299 g/mol. The highest BCUT2D eigenvalue weighted by molar-refractivity contribution is 5.53. The maximum atomic E-state index is 5.86. The molecule has 2 aromatic carbocycles. The molecule has 0 unspecified atom stereocenters. The van der Waals surface area contributed by atoms with E-state index in [0.29, 0.717) is 13.2 Å². The Labute approximate surface area is 133 Å². The van der Waals surface area contributed by atoms with Gasteiger partial charge < -0.3 is 15.2 Å². The van der Waals surface area contributed by atoms with Gasteiger partial charge in [-0.3, -0.25) is 0 Å². The molecule has 0 aliphatic rings. The fourth-order valence-electron chi connectivity index (χ4n) is 2.24. The van der Waals surface area contributed by atoms with Crippen LogP contribution in [0.15, 0.2) is 36.4 Å². The summed E-state index contributed by atoms with van der Waals surface area (Å²) < 4.78 is 11.6. The molecule has 3 nitrogen and oxygen atoms in total. The van der Waals surface area contributed by atoms with Crippen LogP contribution in [0.3, 0.4) is 0 Å². The summed E-state index contributed by atoms with van der Waals surface area (Å²) in [5.41, 5.74) is 10.1. The molecule has 2 rings (SSSR count). The zero-order valence-corrected chi connectivity index (χ0v) is 13.7. The highest BCUT2D eigenvalue weighted by atomic mass is 16.5. The topological polar surface area (TPSA) is 44.5 Å². The van der Waals surface area contributed by atoms with E-state index in [4.69, 9.17) is 15.2 Å². The summed E-state index contributed by atoms with van der Waals surface area (Å²) >= 11 is 0. The van der Waals surface area contributed by atoms with Crippen LogP contribution < -0.4 is 15.2 Å². The van der Waals surface area contributed by atoms with Crippen LogP contribution in [0.1, 0.15) is 29.5 Å². The molecule has 2 aromatic rings. The highest BCUT2D eigenvalue weighted by Crippen LogP contribution is 2.23. The van der Waals surface area contributed by atoms with Gasteiger partial charge in [0.2, 0.25) is 0 Å². The van der Waals surface area contributed by atoms with Crippen molar-refractivity contribution in [2.45, 2.75) is 33.6 Å². The van der Waals surface area contributed by atoms with Crippen LogP contribution in [0.5, 0.6) is 11.5 Å². The van der Waals surface area contributed by atoms with Gasteiger partial charge in [0.1, 0.15) is 11.5 Å². The van der Waals surface area contributed by atoms with Gasteiger partial charge >= 0.3 is 0 Å². The summed E-state index contributed by atoms with van der Waals surface area (Å²) in [7, 11) is 0. The van der Waals surface area contributed by atoms with E-state index in [2.05, 4.69) is 19.9 Å². The predicted octanol–water partition coefficient (Wildman–Crippen LogP) is 4.43. The van der Waals surface area contributed by atoms with Crippen molar-refractivity contribution >= 4 is 5.69 Å². The summed E-state index contributed by atoms with van der Waals surface area (Å²) in [5.74, 6) is 1.85. The SMILES string of the molecule is Cc1cccc(OCCCCOc2cccc(N)c2C)c1C. The number of hydrogen-bond donors (Lipinski definition) is 1. The van der Waals surface area contributed by atoms with Gasteiger partial charge in [0.25, 0.3) is 0 Å². The minimum Gasteiger partial charge on any atom is -0.493 e. The molecule has 118 valence electrons. The molecule has 0 saturated carbocycles. The van der Waals surface area contributed by atoms with E-state index in [9.17, 15) is 0 Å². The van der Waals surface area contributed by atoms with Crippen molar-refractivity contribution in [3.05, 3.63) is 53.1 Å². The summed E-state index contributed by atoms with van der Waals surface area (Å²) in [4.78, 5) is 0. The number of nitrogens with two attached hydrogens (primary N) is 1. The molecular formula is C19H25NO2. The fourth-order valence-corrected chi connectivity index (χ4v) is 2.24. The van der Waals surface area contributed by atoms with Crippen molar-refractivity contribution < 1.29 is 9.47 Å². The quantitative estimate of drug-likeness (QED) is 0.607. The molecule has 2 N–H and O–H groups in total. The van der Waals surface area contributed by atoms with Crippen molar-refractivity contribution in [1.29, 1.82) is 0 Å². The molecule has 0 radical (unpaired) electrons. The molecule has 0 aliphatic carbocycles. The van der Waals surface area contributed by atoms with E-state index in [-0.39, 0.29) is 0 Å². The van der Waals surface area contributed by atoms with Gasteiger partial charge in [-0.15, -0.1) is 0 Å². The number of benzene rings is 2. The first-order valence-corrected chi connectivity index (χ1v) is 7.76. The average Bonchev–Trinajstić information content (AvgIpc) is 2.51. The van der Waals surface area contributed by atoms with Crippen LogP contribution in [-0.4, -0.2) is 13.2 Å². The molecule has 0 fully saturated rings. The van der Waals surface area contributed by atoms with Gasteiger partial charge in [0.15, 0.2) is 0 Å². The van der Waals surface area contributed by atoms with Gasteiger partial charge in [0.05, 0.1) is 13.2 Å². The third-order valence-electron chi connectivity index (χ3n) is 3.93. The van der Waals surface area contributed by atoms with Crippen molar-refractivity contribution in [1.82, 2.24) is 0 Å². The van der Waals surface area contributed by atoms with Crippen molar-refractivity contribution in [2.75, 3.05) is 18.9 Å². The first kappa shape index (κ1) is 16.2. The first-order chi connectivity index (χ1) is 10.6. The summed E-state index contributed by atoms with van der Waals surface area (Å²) in [6.45, 7) is 7.57. The normalized spacial score (nSPS) is 10.5. The number of rotatable bonds is 7. The van der Waals surface area contributed by atoms with Crippen LogP contribution in [0.25, 0.3) is 0 Å². The van der Waals surface area contributed by atoms with Gasteiger partial charge in [-0.2, -0.15) is 0 Å². The molecule has 0 bridgehead atoms. The maximum Gasteiger partial charge on any atom is 0.124 e. The van der Waals surface area contributed by atoms with Gasteiger partial charge in [-0.25, -0.2) is 0 Å². The molecule has 3 heteroatoms. The van der Waals surface area contributed by atoms with Crippen molar-refractivity contribution in [3.63, 3.8) is 0 Å². The number of ether oxygens (including phenoxy) is 2. The standard InChI is InChI=1S/C19H25NO2/c1-14-8-6-10-18(15(14)2)21-12-4-5-13-22-19-11-7-9-17(20)16(19)3/h6-11H,4-5,12-13,20H2,1-3H3. The minimum atomic E-state index is 0.681. The Morgan fingerprint density at radius 2 is 1.32 bits per heavy atom. The summed E-state index contributed by atoms with van der Waals surface area (Å²) in [6, 6.07) is 11.9. The number of anilines is 1. The van der Waals surface area contributed by atoms with Crippen LogP contribution in [-0.2, 0) is 0 Å². The van der Waals surface area contributed by atoms with Gasteiger partial charge in [0, 0.05) is 11.3 Å². The largest absolute Gasteiger partial charge is 0.493 e. The number of hydrogen-bond acceptors (Lipinski definition) is 3. The van der Waals surface area contributed by atoms with Crippen LogP contribution in [0, 0.1) is 20.8 Å². The summed E-state index contributed by atoms with van der Waals surface area (Å²) in [6.07, 6.45) is 1.92. The second-order valence-corrected chi connectivity index (χ2v) is 5.57.